The van der Waals surface area contributed by atoms with Crippen LogP contribution in [0.2, 0.25) is 0 Å². The van der Waals surface area contributed by atoms with Gasteiger partial charge in [-0.2, -0.15) is 5.26 Å². The van der Waals surface area contributed by atoms with Gasteiger partial charge in [-0.15, -0.1) is 11.3 Å². The summed E-state index contributed by atoms with van der Waals surface area (Å²) in [5.74, 6) is 0. The van der Waals surface area contributed by atoms with Crippen LogP contribution in [-0.4, -0.2) is 7.05 Å². The van der Waals surface area contributed by atoms with Crippen molar-refractivity contribution in [3.63, 3.8) is 0 Å². The summed E-state index contributed by atoms with van der Waals surface area (Å²) >= 11 is 1.76. The van der Waals surface area contributed by atoms with Crippen LogP contribution in [0.15, 0.2) is 53.9 Å². The lowest BCUT2D eigenvalue weighted by atomic mass is 10.0. The van der Waals surface area contributed by atoms with Crippen LogP contribution in [0.25, 0.3) is 10.8 Å². The van der Waals surface area contributed by atoms with Gasteiger partial charge < -0.3 is 4.90 Å². The first-order chi connectivity index (χ1) is 9.79. The van der Waals surface area contributed by atoms with Crippen LogP contribution in [0.1, 0.15) is 10.4 Å². The Labute approximate surface area is 122 Å². The molecule has 0 bridgehead atoms. The molecule has 1 heterocycles. The molecule has 0 amide bonds. The Morgan fingerprint density at radius 2 is 1.85 bits per heavy atom. The summed E-state index contributed by atoms with van der Waals surface area (Å²) in [7, 11) is 2.09. The highest BCUT2D eigenvalue weighted by Gasteiger charge is 2.09. The second-order valence-electron chi connectivity index (χ2n) is 4.73. The minimum Gasteiger partial charge on any atom is -0.369 e. The van der Waals surface area contributed by atoms with Gasteiger partial charge in [0, 0.05) is 28.4 Å². The normalized spacial score (nSPS) is 10.4. The smallest absolute Gasteiger partial charge is 0.0998 e. The molecule has 20 heavy (non-hydrogen) atoms. The van der Waals surface area contributed by atoms with Crippen molar-refractivity contribution < 1.29 is 0 Å². The van der Waals surface area contributed by atoms with Gasteiger partial charge in [0.25, 0.3) is 0 Å². The largest absolute Gasteiger partial charge is 0.369 e. The molecule has 0 saturated heterocycles. The van der Waals surface area contributed by atoms with Crippen LogP contribution in [0, 0.1) is 11.3 Å². The van der Waals surface area contributed by atoms with Crippen LogP contribution >= 0.6 is 11.3 Å². The highest BCUT2D eigenvalue weighted by Crippen LogP contribution is 2.29. The molecule has 2 nitrogen and oxygen atoms in total. The van der Waals surface area contributed by atoms with Gasteiger partial charge in [-0.3, -0.25) is 0 Å². The lowest BCUT2D eigenvalue weighted by Crippen LogP contribution is -2.15. The van der Waals surface area contributed by atoms with E-state index < -0.39 is 0 Å². The van der Waals surface area contributed by atoms with Crippen molar-refractivity contribution in [3.05, 3.63) is 64.4 Å². The molecule has 0 radical (unpaired) electrons. The van der Waals surface area contributed by atoms with Gasteiger partial charge in [-0.1, -0.05) is 30.3 Å². The third-order valence-electron chi connectivity index (χ3n) is 3.41. The first-order valence-electron chi connectivity index (χ1n) is 6.45. The molecule has 0 atom stereocenters. The predicted octanol–water partition coefficient (Wildman–Crippen LogP) is 4.41. The molecular weight excluding hydrogens is 264 g/mol. The maximum absolute atomic E-state index is 9.21. The number of hydrogen-bond acceptors (Lipinski definition) is 3. The quantitative estimate of drug-likeness (QED) is 0.709. The number of thiophene rings is 1. The van der Waals surface area contributed by atoms with Crippen molar-refractivity contribution in [3.8, 4) is 6.07 Å². The topological polar surface area (TPSA) is 27.0 Å². The van der Waals surface area contributed by atoms with Crippen molar-refractivity contribution in [2.45, 2.75) is 6.54 Å². The van der Waals surface area contributed by atoms with Crippen LogP contribution in [0.3, 0.4) is 0 Å². The Morgan fingerprint density at radius 1 is 1.05 bits per heavy atom. The fraction of sp³-hybridized carbons (Fsp3) is 0.118. The number of anilines is 1. The third kappa shape index (κ3) is 2.26. The van der Waals surface area contributed by atoms with Crippen LogP contribution in [0.5, 0.6) is 0 Å². The number of hydrogen-bond donors (Lipinski definition) is 0. The lowest BCUT2D eigenvalue weighted by molar-refractivity contribution is 0.946. The summed E-state index contributed by atoms with van der Waals surface area (Å²) in [6.07, 6.45) is 0. The van der Waals surface area contributed by atoms with Gasteiger partial charge in [0.2, 0.25) is 0 Å². The molecule has 0 aliphatic carbocycles. The maximum Gasteiger partial charge on any atom is 0.0998 e. The Balaban J connectivity index is 2.06. The molecule has 3 aromatic rings. The van der Waals surface area contributed by atoms with Crippen molar-refractivity contribution in [1.29, 1.82) is 5.26 Å². The standard InChI is InChI=1S/C17H14N2S/c1-19(12-14-5-4-10-20-14)17-9-8-13(11-18)15-6-2-3-7-16(15)17/h2-10H,12H2,1H3. The minimum absolute atomic E-state index is 0.730. The molecule has 0 aliphatic rings. The number of benzene rings is 2. The SMILES string of the molecule is CN(Cc1cccs1)c1ccc(C#N)c2ccccc12. The van der Waals surface area contributed by atoms with Crippen LogP contribution in [0.4, 0.5) is 5.69 Å². The zero-order chi connectivity index (χ0) is 13.9. The second-order valence-corrected chi connectivity index (χ2v) is 5.76. The van der Waals surface area contributed by atoms with Gasteiger partial charge >= 0.3 is 0 Å². The van der Waals surface area contributed by atoms with Gasteiger partial charge in [-0.25, -0.2) is 0 Å². The van der Waals surface area contributed by atoms with Crippen molar-refractivity contribution in [2.75, 3.05) is 11.9 Å². The minimum atomic E-state index is 0.730. The monoisotopic (exact) mass is 278 g/mol. The molecule has 0 aliphatic heterocycles. The Kier molecular flexibility index (Phi) is 3.41. The molecule has 0 spiro atoms. The zero-order valence-corrected chi connectivity index (χ0v) is 12.0. The van der Waals surface area contributed by atoms with E-state index in [1.807, 2.05) is 30.3 Å². The number of rotatable bonds is 3. The number of nitriles is 1. The molecule has 98 valence electrons. The van der Waals surface area contributed by atoms with E-state index in [0.29, 0.717) is 0 Å². The molecular formula is C17H14N2S. The molecule has 2 aromatic carbocycles. The van der Waals surface area contributed by atoms with E-state index in [1.165, 1.54) is 4.88 Å². The Hall–Kier alpha value is -2.31. The first-order valence-corrected chi connectivity index (χ1v) is 7.33. The van der Waals surface area contributed by atoms with Crippen molar-refractivity contribution in [2.24, 2.45) is 0 Å². The molecule has 0 saturated carbocycles. The lowest BCUT2D eigenvalue weighted by Gasteiger charge is -2.21. The Bertz CT molecular complexity index is 769. The molecule has 1 aromatic heterocycles. The highest BCUT2D eigenvalue weighted by molar-refractivity contribution is 7.09. The summed E-state index contributed by atoms with van der Waals surface area (Å²) in [4.78, 5) is 3.57. The number of nitrogens with zero attached hydrogens (tertiary/aromatic N) is 2. The summed E-state index contributed by atoms with van der Waals surface area (Å²) in [6.45, 7) is 0.883. The van der Waals surface area contributed by atoms with Gasteiger partial charge in [0.1, 0.15) is 0 Å². The first kappa shape index (κ1) is 12.7. The predicted molar refractivity (Wildman–Crippen MR) is 85.1 cm³/mol. The summed E-state index contributed by atoms with van der Waals surface area (Å²) in [5.41, 5.74) is 1.89. The number of fused-ring (bicyclic) bond motifs is 1. The fourth-order valence-corrected chi connectivity index (χ4v) is 3.19. The molecule has 3 rings (SSSR count). The molecule has 0 N–H and O–H groups in total. The molecule has 0 fully saturated rings. The average Bonchev–Trinajstić information content (AvgIpc) is 2.99. The fourth-order valence-electron chi connectivity index (χ4n) is 2.43. The van der Waals surface area contributed by atoms with E-state index in [-0.39, 0.29) is 0 Å². The average molecular weight is 278 g/mol. The summed E-state index contributed by atoms with van der Waals surface area (Å²) in [5, 5.41) is 13.5. The van der Waals surface area contributed by atoms with E-state index in [0.717, 1.165) is 28.6 Å². The van der Waals surface area contributed by atoms with Gasteiger partial charge in [0.15, 0.2) is 0 Å². The van der Waals surface area contributed by atoms with E-state index in [9.17, 15) is 5.26 Å². The summed E-state index contributed by atoms with van der Waals surface area (Å²) < 4.78 is 0. The van der Waals surface area contributed by atoms with Crippen LogP contribution < -0.4 is 4.90 Å². The molecule has 3 heteroatoms. The van der Waals surface area contributed by atoms with E-state index in [4.69, 9.17) is 0 Å². The van der Waals surface area contributed by atoms with E-state index in [2.05, 4.69) is 41.6 Å². The zero-order valence-electron chi connectivity index (χ0n) is 11.2. The third-order valence-corrected chi connectivity index (χ3v) is 4.27. The van der Waals surface area contributed by atoms with Gasteiger partial charge in [-0.05, 0) is 23.6 Å². The Morgan fingerprint density at radius 3 is 2.55 bits per heavy atom. The van der Waals surface area contributed by atoms with Gasteiger partial charge in [0.05, 0.1) is 18.2 Å². The summed E-state index contributed by atoms with van der Waals surface area (Å²) in [6, 6.07) is 18.5. The highest BCUT2D eigenvalue weighted by atomic mass is 32.1. The van der Waals surface area contributed by atoms with Crippen molar-refractivity contribution >= 4 is 27.8 Å². The molecule has 0 unspecified atom stereocenters. The van der Waals surface area contributed by atoms with E-state index >= 15 is 0 Å². The maximum atomic E-state index is 9.21. The van der Waals surface area contributed by atoms with Crippen LogP contribution in [-0.2, 0) is 6.54 Å². The van der Waals surface area contributed by atoms with E-state index in [1.54, 1.807) is 11.3 Å². The van der Waals surface area contributed by atoms with Crippen molar-refractivity contribution in [1.82, 2.24) is 0 Å². The second kappa shape index (κ2) is 5.36.